The maximum atomic E-state index is 12.7. The van der Waals surface area contributed by atoms with E-state index in [1.54, 1.807) is 21.1 Å². The van der Waals surface area contributed by atoms with Crippen molar-refractivity contribution in [2.45, 2.75) is 44.3 Å². The van der Waals surface area contributed by atoms with Crippen LogP contribution in [0, 0.1) is 0 Å². The van der Waals surface area contributed by atoms with Crippen LogP contribution in [0.4, 0.5) is 5.00 Å². The van der Waals surface area contributed by atoms with Crippen molar-refractivity contribution < 1.29 is 28.2 Å². The zero-order valence-corrected chi connectivity index (χ0v) is 21.5. The predicted molar refractivity (Wildman–Crippen MR) is 133 cm³/mol. The summed E-state index contributed by atoms with van der Waals surface area (Å²) in [6.45, 7) is 2.06. The number of methoxy groups -OCH3 is 2. The number of esters is 1. The monoisotopic (exact) mass is 517 g/mol. The molecule has 0 aliphatic heterocycles. The Labute approximate surface area is 211 Å². The van der Waals surface area contributed by atoms with E-state index in [4.69, 9.17) is 18.6 Å². The maximum absolute atomic E-state index is 12.7. The van der Waals surface area contributed by atoms with E-state index in [1.165, 1.54) is 11.3 Å². The summed E-state index contributed by atoms with van der Waals surface area (Å²) in [5.41, 5.74) is 2.44. The summed E-state index contributed by atoms with van der Waals surface area (Å²) >= 11 is 2.61. The Morgan fingerprint density at radius 1 is 1.14 bits per heavy atom. The molecule has 1 aromatic carbocycles. The number of thioether (sulfide) groups is 1. The van der Waals surface area contributed by atoms with Crippen molar-refractivity contribution in [3.05, 3.63) is 45.7 Å². The van der Waals surface area contributed by atoms with Gasteiger partial charge in [-0.2, -0.15) is 0 Å². The number of fused-ring (bicyclic) bond motifs is 1. The third kappa shape index (κ3) is 5.96. The molecule has 1 amide bonds. The zero-order valence-electron chi connectivity index (χ0n) is 19.8. The first-order valence-corrected chi connectivity index (χ1v) is 13.1. The normalized spacial score (nSPS) is 12.7. The molecule has 0 fully saturated rings. The van der Waals surface area contributed by atoms with Crippen LogP contribution < -0.4 is 14.8 Å². The summed E-state index contributed by atoms with van der Waals surface area (Å²) in [5.74, 6) is 1.12. The van der Waals surface area contributed by atoms with Gasteiger partial charge in [-0.3, -0.25) is 4.79 Å². The van der Waals surface area contributed by atoms with E-state index in [1.807, 2.05) is 18.2 Å². The molecule has 3 aromatic rings. The molecule has 0 saturated heterocycles. The second-order valence-corrected chi connectivity index (χ2v) is 9.83. The fourth-order valence-corrected chi connectivity index (χ4v) is 5.77. The number of carbonyl (C=O) groups excluding carboxylic acids is 2. The number of aryl methyl sites for hydroxylation is 1. The third-order valence-corrected chi connectivity index (χ3v) is 7.51. The number of carbonyl (C=O) groups is 2. The number of hydrogen-bond acceptors (Lipinski definition) is 10. The molecular formula is C24H27N3O6S2. The smallest absolute Gasteiger partial charge is 0.341 e. The lowest BCUT2D eigenvalue weighted by Gasteiger charge is -2.12. The van der Waals surface area contributed by atoms with Crippen LogP contribution in [0.5, 0.6) is 11.5 Å². The SMILES string of the molecule is CCOC(=O)c1c(NC(=O)CSc2nnc(Cc3ccc(OC)c(OC)c3)o2)sc2c1CCCC2. The minimum absolute atomic E-state index is 0.0722. The van der Waals surface area contributed by atoms with Gasteiger partial charge in [0.25, 0.3) is 5.22 Å². The number of benzene rings is 1. The van der Waals surface area contributed by atoms with Crippen LogP contribution in [0.1, 0.15) is 52.0 Å². The van der Waals surface area contributed by atoms with E-state index in [2.05, 4.69) is 15.5 Å². The van der Waals surface area contributed by atoms with Gasteiger partial charge in [0.15, 0.2) is 11.5 Å². The molecule has 0 atom stereocenters. The minimum atomic E-state index is -0.383. The van der Waals surface area contributed by atoms with Crippen molar-refractivity contribution in [3.8, 4) is 11.5 Å². The lowest BCUT2D eigenvalue weighted by Crippen LogP contribution is -2.17. The second kappa shape index (κ2) is 11.6. The largest absolute Gasteiger partial charge is 0.493 e. The fourth-order valence-electron chi connectivity index (χ4n) is 3.90. The van der Waals surface area contributed by atoms with Crippen LogP contribution >= 0.6 is 23.1 Å². The Morgan fingerprint density at radius 3 is 2.71 bits per heavy atom. The van der Waals surface area contributed by atoms with Crippen LogP contribution in [0.25, 0.3) is 0 Å². The van der Waals surface area contributed by atoms with Gasteiger partial charge in [0, 0.05) is 4.88 Å². The summed E-state index contributed by atoms with van der Waals surface area (Å²) < 4.78 is 21.5. The molecule has 0 spiro atoms. The Morgan fingerprint density at radius 2 is 1.94 bits per heavy atom. The lowest BCUT2D eigenvalue weighted by molar-refractivity contribution is -0.113. The van der Waals surface area contributed by atoms with Crippen molar-refractivity contribution in [2.24, 2.45) is 0 Å². The molecular weight excluding hydrogens is 490 g/mol. The van der Waals surface area contributed by atoms with E-state index < -0.39 is 0 Å². The lowest BCUT2D eigenvalue weighted by atomic mass is 9.95. The number of nitrogens with one attached hydrogen (secondary N) is 1. The van der Waals surface area contributed by atoms with E-state index in [0.29, 0.717) is 39.6 Å². The molecule has 2 heterocycles. The standard InChI is InChI=1S/C24H27N3O6S2/c1-4-32-23(29)21-15-7-5-6-8-18(15)35-22(21)25-19(28)13-34-24-27-26-20(33-24)12-14-9-10-16(30-2)17(11-14)31-3/h9-11H,4-8,12-13H2,1-3H3,(H,25,28). The summed E-state index contributed by atoms with van der Waals surface area (Å²) in [4.78, 5) is 26.4. The molecule has 1 N–H and O–H groups in total. The fraction of sp³-hybridized carbons (Fsp3) is 0.417. The van der Waals surface area contributed by atoms with E-state index in [-0.39, 0.29) is 24.2 Å². The van der Waals surface area contributed by atoms with Crippen molar-refractivity contribution in [1.29, 1.82) is 0 Å². The van der Waals surface area contributed by atoms with Crippen molar-refractivity contribution in [3.63, 3.8) is 0 Å². The number of aromatic nitrogens is 2. The Hall–Kier alpha value is -3.05. The van der Waals surface area contributed by atoms with Crippen molar-refractivity contribution in [1.82, 2.24) is 10.2 Å². The Balaban J connectivity index is 1.37. The highest BCUT2D eigenvalue weighted by Gasteiger charge is 2.27. The molecule has 186 valence electrons. The molecule has 0 radical (unpaired) electrons. The van der Waals surface area contributed by atoms with Gasteiger partial charge in [-0.1, -0.05) is 17.8 Å². The average molecular weight is 518 g/mol. The van der Waals surface area contributed by atoms with E-state index in [0.717, 1.165) is 53.4 Å². The molecule has 0 saturated carbocycles. The van der Waals surface area contributed by atoms with Crippen LogP contribution in [0.3, 0.4) is 0 Å². The Bertz CT molecular complexity index is 1210. The van der Waals surface area contributed by atoms with Gasteiger partial charge >= 0.3 is 5.97 Å². The van der Waals surface area contributed by atoms with Gasteiger partial charge in [-0.15, -0.1) is 21.5 Å². The summed E-state index contributed by atoms with van der Waals surface area (Å²) in [6, 6.07) is 5.57. The van der Waals surface area contributed by atoms with Crippen LogP contribution in [-0.2, 0) is 28.8 Å². The van der Waals surface area contributed by atoms with Gasteiger partial charge < -0.3 is 23.9 Å². The summed E-state index contributed by atoms with van der Waals surface area (Å²) in [5, 5.41) is 11.8. The van der Waals surface area contributed by atoms with Crippen LogP contribution in [0.2, 0.25) is 0 Å². The first-order chi connectivity index (χ1) is 17.0. The molecule has 2 aromatic heterocycles. The first-order valence-electron chi connectivity index (χ1n) is 11.3. The first kappa shape index (κ1) is 25.1. The van der Waals surface area contributed by atoms with E-state index in [9.17, 15) is 9.59 Å². The number of ether oxygens (including phenoxy) is 3. The van der Waals surface area contributed by atoms with Crippen molar-refractivity contribution >= 4 is 40.0 Å². The van der Waals surface area contributed by atoms with E-state index >= 15 is 0 Å². The molecule has 0 bridgehead atoms. The zero-order chi connectivity index (χ0) is 24.8. The highest BCUT2D eigenvalue weighted by molar-refractivity contribution is 7.99. The summed E-state index contributed by atoms with van der Waals surface area (Å²) in [6.07, 6.45) is 4.28. The number of thiophene rings is 1. The number of nitrogens with zero attached hydrogens (tertiary/aromatic N) is 2. The van der Waals surface area contributed by atoms with Gasteiger partial charge in [-0.25, -0.2) is 4.79 Å². The average Bonchev–Trinajstić information content (AvgIpc) is 3.46. The molecule has 0 unspecified atom stereocenters. The highest BCUT2D eigenvalue weighted by atomic mass is 32.2. The number of anilines is 1. The molecule has 4 rings (SSSR count). The van der Waals surface area contributed by atoms with Gasteiger partial charge in [0.1, 0.15) is 5.00 Å². The minimum Gasteiger partial charge on any atom is -0.493 e. The van der Waals surface area contributed by atoms with Gasteiger partial charge in [-0.05, 0) is 55.9 Å². The molecule has 1 aliphatic rings. The van der Waals surface area contributed by atoms with Gasteiger partial charge in [0.2, 0.25) is 11.8 Å². The number of amides is 1. The molecule has 11 heteroatoms. The third-order valence-electron chi connectivity index (χ3n) is 5.48. The van der Waals surface area contributed by atoms with Crippen LogP contribution in [0.15, 0.2) is 27.8 Å². The molecule has 9 nitrogen and oxygen atoms in total. The highest BCUT2D eigenvalue weighted by Crippen LogP contribution is 2.38. The molecule has 1 aliphatic carbocycles. The number of rotatable bonds is 10. The second-order valence-electron chi connectivity index (χ2n) is 7.80. The van der Waals surface area contributed by atoms with Crippen molar-refractivity contribution in [2.75, 3.05) is 31.9 Å². The van der Waals surface area contributed by atoms with Gasteiger partial charge in [0.05, 0.1) is 38.6 Å². The summed E-state index contributed by atoms with van der Waals surface area (Å²) in [7, 11) is 3.16. The number of hydrogen-bond donors (Lipinski definition) is 1. The topological polar surface area (TPSA) is 113 Å². The predicted octanol–water partition coefficient (Wildman–Crippen LogP) is 4.53. The molecule has 35 heavy (non-hydrogen) atoms. The quantitative estimate of drug-likeness (QED) is 0.306. The Kier molecular flexibility index (Phi) is 8.29. The maximum Gasteiger partial charge on any atom is 0.341 e. The van der Waals surface area contributed by atoms with Crippen LogP contribution in [-0.4, -0.2) is 48.7 Å².